The minimum Gasteiger partial charge on any atom is -0.377 e. The molecule has 0 aliphatic heterocycles. The van der Waals surface area contributed by atoms with Crippen molar-refractivity contribution in [2.45, 2.75) is 37.5 Å². The van der Waals surface area contributed by atoms with Gasteiger partial charge in [-0.1, -0.05) is 12.2 Å². The molecule has 2 aromatic heterocycles. The van der Waals surface area contributed by atoms with Crippen LogP contribution in [-0.4, -0.2) is 38.8 Å². The monoisotopic (exact) mass is 286 g/mol. The van der Waals surface area contributed by atoms with Crippen LogP contribution in [0.5, 0.6) is 0 Å². The van der Waals surface area contributed by atoms with E-state index in [4.69, 9.17) is 10.5 Å². The van der Waals surface area contributed by atoms with Crippen LogP contribution in [0.1, 0.15) is 25.3 Å². The molecule has 0 unspecified atom stereocenters. The quantitative estimate of drug-likeness (QED) is 0.828. The Kier molecular flexibility index (Phi) is 2.81. The SMILES string of the molecule is CO[C@@H]1C=C[C@H](n2cnc3c(NC4CC4)nc(N)nc32)C1. The summed E-state index contributed by atoms with van der Waals surface area (Å²) in [5, 5.41) is 3.37. The van der Waals surface area contributed by atoms with Crippen molar-refractivity contribution < 1.29 is 4.74 Å². The molecule has 1 saturated carbocycles. The van der Waals surface area contributed by atoms with E-state index in [1.165, 1.54) is 12.8 Å². The first-order valence-corrected chi connectivity index (χ1v) is 7.22. The number of anilines is 2. The fourth-order valence-corrected chi connectivity index (χ4v) is 2.73. The number of nitrogens with zero attached hydrogens (tertiary/aromatic N) is 4. The smallest absolute Gasteiger partial charge is 0.224 e. The van der Waals surface area contributed by atoms with Gasteiger partial charge in [0.05, 0.1) is 18.5 Å². The van der Waals surface area contributed by atoms with Crippen LogP contribution in [0.15, 0.2) is 18.5 Å². The maximum Gasteiger partial charge on any atom is 0.224 e. The molecule has 7 heteroatoms. The molecule has 2 aliphatic rings. The Labute approximate surface area is 122 Å². The highest BCUT2D eigenvalue weighted by molar-refractivity contribution is 5.84. The molecule has 4 rings (SSSR count). The number of nitrogens with two attached hydrogens (primary N) is 1. The number of allylic oxidation sites excluding steroid dienone is 1. The van der Waals surface area contributed by atoms with E-state index in [0.29, 0.717) is 6.04 Å². The van der Waals surface area contributed by atoms with Gasteiger partial charge in [0.2, 0.25) is 5.95 Å². The van der Waals surface area contributed by atoms with Crippen LogP contribution in [-0.2, 0) is 4.74 Å². The lowest BCUT2D eigenvalue weighted by Gasteiger charge is -2.13. The molecule has 0 spiro atoms. The van der Waals surface area contributed by atoms with E-state index in [0.717, 1.165) is 23.4 Å². The average Bonchev–Trinajstić information content (AvgIpc) is 3.01. The van der Waals surface area contributed by atoms with Gasteiger partial charge in [0.15, 0.2) is 17.0 Å². The molecular weight excluding hydrogens is 268 g/mol. The van der Waals surface area contributed by atoms with E-state index in [1.54, 1.807) is 7.11 Å². The first kappa shape index (κ1) is 12.6. The Morgan fingerprint density at radius 3 is 2.90 bits per heavy atom. The summed E-state index contributed by atoms with van der Waals surface area (Å²) in [5.41, 5.74) is 7.41. The standard InChI is InChI=1S/C14H18N6O/c1-21-10-5-4-9(6-10)20-7-16-11-12(17-8-2-3-8)18-14(15)19-13(11)20/h4-5,7-10H,2-3,6H2,1H3,(H3,15,17,18,19)/t9-,10+/m0/s1. The van der Waals surface area contributed by atoms with E-state index >= 15 is 0 Å². The van der Waals surface area contributed by atoms with Gasteiger partial charge in [-0.2, -0.15) is 9.97 Å². The summed E-state index contributed by atoms with van der Waals surface area (Å²) in [7, 11) is 1.72. The number of imidazole rings is 1. The molecule has 0 bridgehead atoms. The molecule has 7 nitrogen and oxygen atoms in total. The van der Waals surface area contributed by atoms with E-state index in [-0.39, 0.29) is 18.1 Å². The molecule has 1 fully saturated rings. The first-order chi connectivity index (χ1) is 10.2. The van der Waals surface area contributed by atoms with Crippen molar-refractivity contribution in [2.24, 2.45) is 0 Å². The number of nitrogen functional groups attached to an aromatic ring is 1. The summed E-state index contributed by atoms with van der Waals surface area (Å²) in [4.78, 5) is 13.1. The van der Waals surface area contributed by atoms with Crippen LogP contribution < -0.4 is 11.1 Å². The van der Waals surface area contributed by atoms with Gasteiger partial charge in [-0.25, -0.2) is 4.98 Å². The van der Waals surface area contributed by atoms with E-state index < -0.39 is 0 Å². The van der Waals surface area contributed by atoms with Gasteiger partial charge in [0.25, 0.3) is 0 Å². The van der Waals surface area contributed by atoms with Gasteiger partial charge in [-0.3, -0.25) is 0 Å². The molecule has 2 aromatic rings. The van der Waals surface area contributed by atoms with Gasteiger partial charge < -0.3 is 20.4 Å². The zero-order valence-electron chi connectivity index (χ0n) is 11.9. The van der Waals surface area contributed by atoms with Crippen molar-refractivity contribution >= 4 is 22.9 Å². The molecule has 0 amide bonds. The van der Waals surface area contributed by atoms with E-state index in [9.17, 15) is 0 Å². The van der Waals surface area contributed by atoms with Gasteiger partial charge in [0, 0.05) is 19.6 Å². The van der Waals surface area contributed by atoms with Crippen LogP contribution in [0, 0.1) is 0 Å². The molecule has 0 aromatic carbocycles. The van der Waals surface area contributed by atoms with Gasteiger partial charge >= 0.3 is 0 Å². The number of hydrogen-bond acceptors (Lipinski definition) is 6. The molecule has 110 valence electrons. The second kappa shape index (κ2) is 4.70. The molecule has 2 heterocycles. The van der Waals surface area contributed by atoms with Crippen LogP contribution in [0.25, 0.3) is 11.2 Å². The van der Waals surface area contributed by atoms with Crippen LogP contribution in [0.2, 0.25) is 0 Å². The highest BCUT2D eigenvalue weighted by Crippen LogP contribution is 2.31. The van der Waals surface area contributed by atoms with Crippen molar-refractivity contribution in [3.8, 4) is 0 Å². The lowest BCUT2D eigenvalue weighted by Crippen LogP contribution is -2.11. The van der Waals surface area contributed by atoms with Crippen molar-refractivity contribution in [2.75, 3.05) is 18.2 Å². The Bertz CT molecular complexity index is 705. The predicted molar refractivity (Wildman–Crippen MR) is 80.0 cm³/mol. The highest BCUT2D eigenvalue weighted by Gasteiger charge is 2.26. The number of rotatable bonds is 4. The van der Waals surface area contributed by atoms with Crippen molar-refractivity contribution in [3.63, 3.8) is 0 Å². The summed E-state index contributed by atoms with van der Waals surface area (Å²) < 4.78 is 7.41. The Morgan fingerprint density at radius 1 is 1.33 bits per heavy atom. The second-order valence-corrected chi connectivity index (χ2v) is 5.64. The lowest BCUT2D eigenvalue weighted by atomic mass is 10.2. The Balaban J connectivity index is 1.73. The molecule has 2 atom stereocenters. The fourth-order valence-electron chi connectivity index (χ4n) is 2.73. The number of hydrogen-bond donors (Lipinski definition) is 2. The van der Waals surface area contributed by atoms with Crippen molar-refractivity contribution in [1.29, 1.82) is 0 Å². The lowest BCUT2D eigenvalue weighted by molar-refractivity contribution is 0.134. The second-order valence-electron chi connectivity index (χ2n) is 5.64. The van der Waals surface area contributed by atoms with Crippen LogP contribution >= 0.6 is 0 Å². The van der Waals surface area contributed by atoms with Gasteiger partial charge in [-0.05, 0) is 12.8 Å². The molecule has 0 radical (unpaired) electrons. The van der Waals surface area contributed by atoms with Crippen molar-refractivity contribution in [3.05, 3.63) is 18.5 Å². The molecule has 0 saturated heterocycles. The predicted octanol–water partition coefficient (Wildman–Crippen LogP) is 1.50. The normalized spacial score (nSPS) is 24.8. The van der Waals surface area contributed by atoms with Crippen LogP contribution in [0.3, 0.4) is 0 Å². The summed E-state index contributed by atoms with van der Waals surface area (Å²) in [6.45, 7) is 0. The zero-order valence-corrected chi connectivity index (χ0v) is 11.9. The third-order valence-corrected chi connectivity index (χ3v) is 4.04. The van der Waals surface area contributed by atoms with Crippen molar-refractivity contribution in [1.82, 2.24) is 19.5 Å². The van der Waals surface area contributed by atoms with Gasteiger partial charge in [0.1, 0.15) is 0 Å². The van der Waals surface area contributed by atoms with Crippen LogP contribution in [0.4, 0.5) is 11.8 Å². The number of ether oxygens (including phenoxy) is 1. The van der Waals surface area contributed by atoms with Gasteiger partial charge in [-0.15, -0.1) is 0 Å². The summed E-state index contributed by atoms with van der Waals surface area (Å²) in [5.74, 6) is 1.02. The minimum atomic E-state index is 0.149. The highest BCUT2D eigenvalue weighted by atomic mass is 16.5. The molecule has 21 heavy (non-hydrogen) atoms. The number of fused-ring (bicyclic) bond motifs is 1. The third-order valence-electron chi connectivity index (χ3n) is 4.04. The maximum atomic E-state index is 5.86. The van der Waals surface area contributed by atoms with E-state index in [1.807, 2.05) is 10.9 Å². The summed E-state index contributed by atoms with van der Waals surface area (Å²) >= 11 is 0. The Hall–Kier alpha value is -2.15. The topological polar surface area (TPSA) is 90.9 Å². The first-order valence-electron chi connectivity index (χ1n) is 7.22. The average molecular weight is 286 g/mol. The summed E-state index contributed by atoms with van der Waals surface area (Å²) in [6, 6.07) is 0.694. The molecule has 2 aliphatic carbocycles. The fraction of sp³-hybridized carbons (Fsp3) is 0.500. The summed E-state index contributed by atoms with van der Waals surface area (Å²) in [6.07, 6.45) is 9.39. The van der Waals surface area contributed by atoms with E-state index in [2.05, 4.69) is 32.4 Å². The largest absolute Gasteiger partial charge is 0.377 e. The molecular formula is C14H18N6O. The number of nitrogens with one attached hydrogen (secondary N) is 1. The molecule has 3 N–H and O–H groups in total. The Morgan fingerprint density at radius 2 is 2.19 bits per heavy atom. The zero-order chi connectivity index (χ0) is 14.4. The maximum absolute atomic E-state index is 5.86. The minimum absolute atomic E-state index is 0.149. The third kappa shape index (κ3) is 2.23. The number of methoxy groups -OCH3 is 1. The number of aromatic nitrogens is 4.